The van der Waals surface area contributed by atoms with Crippen LogP contribution in [0, 0.1) is 6.92 Å². The first-order chi connectivity index (χ1) is 12.0. The number of nitrogens with zero attached hydrogens (tertiary/aromatic N) is 4. The minimum atomic E-state index is -0.610. The summed E-state index contributed by atoms with van der Waals surface area (Å²) in [5, 5.41) is 17.4. The monoisotopic (exact) mass is 359 g/mol. The van der Waals surface area contributed by atoms with E-state index in [0.717, 1.165) is 28.9 Å². The third-order valence-electron chi connectivity index (χ3n) is 4.70. The molecule has 0 fully saturated rings. The van der Waals surface area contributed by atoms with Crippen molar-refractivity contribution in [1.29, 1.82) is 0 Å². The topological polar surface area (TPSA) is 92.4 Å². The number of nitrogens with one attached hydrogen (secondary N) is 1. The van der Waals surface area contributed by atoms with Crippen LogP contribution < -0.4 is 5.32 Å². The lowest BCUT2D eigenvalue weighted by molar-refractivity contribution is 0.0914. The second-order valence-corrected chi connectivity index (χ2v) is 7.88. The molecule has 2 atom stereocenters. The summed E-state index contributed by atoms with van der Waals surface area (Å²) in [4.78, 5) is 23.9. The molecule has 4 rings (SSSR count). The Morgan fingerprint density at radius 2 is 2.28 bits per heavy atom. The summed E-state index contributed by atoms with van der Waals surface area (Å²) in [5.41, 5.74) is 2.03. The SMILES string of the molecule is Cc1nc2sc3c(c2c2nc(C(=O)NC[C@H](C)O)nn12)[C@H](C)CCC3. The fourth-order valence-electron chi connectivity index (χ4n) is 3.50. The van der Waals surface area contributed by atoms with Crippen LogP contribution in [0.1, 0.15) is 59.5 Å². The van der Waals surface area contributed by atoms with E-state index < -0.39 is 6.10 Å². The third kappa shape index (κ3) is 2.69. The van der Waals surface area contributed by atoms with Gasteiger partial charge in [0, 0.05) is 11.4 Å². The van der Waals surface area contributed by atoms with Crippen molar-refractivity contribution >= 4 is 33.1 Å². The Kier molecular flexibility index (Phi) is 3.96. The predicted octanol–water partition coefficient (Wildman–Crippen LogP) is 2.20. The lowest BCUT2D eigenvalue weighted by Crippen LogP contribution is -2.31. The Bertz CT molecular complexity index is 975. The van der Waals surface area contributed by atoms with Crippen LogP contribution in [0.5, 0.6) is 0 Å². The summed E-state index contributed by atoms with van der Waals surface area (Å²) in [5.74, 6) is 0.918. The summed E-state index contributed by atoms with van der Waals surface area (Å²) < 4.78 is 1.66. The molecule has 0 unspecified atom stereocenters. The number of carbonyl (C=O) groups excluding carboxylic acids is 1. The molecular formula is C17H21N5O2S. The van der Waals surface area contributed by atoms with Crippen molar-refractivity contribution in [3.63, 3.8) is 0 Å². The molecule has 3 aromatic heterocycles. The molecule has 1 amide bonds. The number of hydrogen-bond donors (Lipinski definition) is 2. The highest BCUT2D eigenvalue weighted by Gasteiger charge is 2.26. The van der Waals surface area contributed by atoms with E-state index in [-0.39, 0.29) is 18.3 Å². The average molecular weight is 359 g/mol. The summed E-state index contributed by atoms with van der Waals surface area (Å²) in [6, 6.07) is 0. The normalized spacial score (nSPS) is 18.5. The van der Waals surface area contributed by atoms with E-state index in [1.165, 1.54) is 16.9 Å². The number of thiophene rings is 1. The van der Waals surface area contributed by atoms with E-state index in [1.807, 2.05) is 6.92 Å². The van der Waals surface area contributed by atoms with Gasteiger partial charge in [-0.2, -0.15) is 4.52 Å². The maximum Gasteiger partial charge on any atom is 0.291 e. The molecule has 0 radical (unpaired) electrons. The van der Waals surface area contributed by atoms with Crippen molar-refractivity contribution in [2.75, 3.05) is 6.54 Å². The van der Waals surface area contributed by atoms with E-state index in [1.54, 1.807) is 22.8 Å². The minimum Gasteiger partial charge on any atom is -0.392 e. The van der Waals surface area contributed by atoms with E-state index >= 15 is 0 Å². The van der Waals surface area contributed by atoms with Gasteiger partial charge in [-0.3, -0.25) is 4.79 Å². The van der Waals surface area contributed by atoms with E-state index in [9.17, 15) is 9.90 Å². The van der Waals surface area contributed by atoms with Crippen LogP contribution >= 0.6 is 11.3 Å². The van der Waals surface area contributed by atoms with Gasteiger partial charge in [-0.1, -0.05) is 6.92 Å². The van der Waals surface area contributed by atoms with Gasteiger partial charge in [0.25, 0.3) is 5.91 Å². The molecule has 1 aliphatic rings. The molecule has 1 aliphatic carbocycles. The summed E-state index contributed by atoms with van der Waals surface area (Å²) in [6.07, 6.45) is 2.84. The fraction of sp³-hybridized carbons (Fsp3) is 0.529. The molecule has 132 valence electrons. The van der Waals surface area contributed by atoms with Crippen molar-refractivity contribution in [2.24, 2.45) is 0 Å². The molecule has 3 aromatic rings. The molecule has 0 saturated heterocycles. The van der Waals surface area contributed by atoms with Gasteiger partial charge < -0.3 is 10.4 Å². The van der Waals surface area contributed by atoms with Crippen molar-refractivity contribution in [3.8, 4) is 0 Å². The number of rotatable bonds is 3. The highest BCUT2D eigenvalue weighted by atomic mass is 32.1. The number of aromatic nitrogens is 4. The average Bonchev–Trinajstić information content (AvgIpc) is 3.14. The highest BCUT2D eigenvalue weighted by molar-refractivity contribution is 7.19. The molecule has 0 spiro atoms. The number of amides is 1. The molecule has 25 heavy (non-hydrogen) atoms. The molecule has 8 heteroatoms. The summed E-state index contributed by atoms with van der Waals surface area (Å²) in [6.45, 7) is 5.91. The lowest BCUT2D eigenvalue weighted by Gasteiger charge is -2.18. The fourth-order valence-corrected chi connectivity index (χ4v) is 4.88. The van der Waals surface area contributed by atoms with Gasteiger partial charge in [-0.05, 0) is 44.6 Å². The van der Waals surface area contributed by atoms with Crippen LogP contribution in [0.3, 0.4) is 0 Å². The van der Waals surface area contributed by atoms with Gasteiger partial charge in [0.15, 0.2) is 5.65 Å². The summed E-state index contributed by atoms with van der Waals surface area (Å²) in [7, 11) is 0. The van der Waals surface area contributed by atoms with Crippen LogP contribution in [0.25, 0.3) is 15.9 Å². The quantitative estimate of drug-likeness (QED) is 0.748. The molecule has 0 bridgehead atoms. The Morgan fingerprint density at radius 1 is 1.48 bits per heavy atom. The zero-order valence-electron chi connectivity index (χ0n) is 14.5. The minimum absolute atomic E-state index is 0.112. The van der Waals surface area contributed by atoms with Crippen molar-refractivity contribution in [3.05, 3.63) is 22.1 Å². The Balaban J connectivity index is 1.88. The second-order valence-electron chi connectivity index (χ2n) is 6.80. The summed E-state index contributed by atoms with van der Waals surface area (Å²) >= 11 is 1.74. The molecule has 3 heterocycles. The van der Waals surface area contributed by atoms with Gasteiger partial charge in [0.2, 0.25) is 5.82 Å². The number of aliphatic hydroxyl groups excluding tert-OH is 1. The van der Waals surface area contributed by atoms with E-state index in [2.05, 4.69) is 22.3 Å². The molecule has 0 aliphatic heterocycles. The smallest absolute Gasteiger partial charge is 0.291 e. The van der Waals surface area contributed by atoms with Gasteiger partial charge in [-0.15, -0.1) is 16.4 Å². The van der Waals surface area contributed by atoms with Crippen LogP contribution in [0.15, 0.2) is 0 Å². The molecule has 0 aromatic carbocycles. The van der Waals surface area contributed by atoms with Gasteiger partial charge in [0.05, 0.1) is 11.5 Å². The van der Waals surface area contributed by atoms with Gasteiger partial charge in [0.1, 0.15) is 10.7 Å². The molecule has 0 saturated carbocycles. The number of aryl methyl sites for hydroxylation is 2. The lowest BCUT2D eigenvalue weighted by atomic mass is 9.87. The Hall–Kier alpha value is -2.06. The van der Waals surface area contributed by atoms with Gasteiger partial charge >= 0.3 is 0 Å². The maximum atomic E-state index is 12.3. The van der Waals surface area contributed by atoms with Crippen molar-refractivity contribution in [1.82, 2.24) is 24.9 Å². The standard InChI is InChI=1S/C17H21N5O2S/c1-8-5-4-6-11-12(8)13-15-20-14(16(24)18-7-9(2)23)21-22(15)10(3)19-17(13)25-11/h8-9,23H,4-7H2,1-3H3,(H,18,24)/t8-,9+/m1/s1. The first-order valence-corrected chi connectivity index (χ1v) is 9.42. The number of hydrogen-bond acceptors (Lipinski definition) is 6. The Labute approximate surface area is 149 Å². The van der Waals surface area contributed by atoms with E-state index in [0.29, 0.717) is 11.6 Å². The molecular weight excluding hydrogens is 338 g/mol. The van der Waals surface area contributed by atoms with Crippen molar-refractivity contribution < 1.29 is 9.90 Å². The zero-order chi connectivity index (χ0) is 17.7. The van der Waals surface area contributed by atoms with Crippen LogP contribution in [-0.4, -0.2) is 43.2 Å². The Morgan fingerprint density at radius 3 is 3.04 bits per heavy atom. The number of aliphatic hydroxyl groups is 1. The largest absolute Gasteiger partial charge is 0.392 e. The van der Waals surface area contributed by atoms with Gasteiger partial charge in [-0.25, -0.2) is 9.97 Å². The number of fused-ring (bicyclic) bond motifs is 5. The van der Waals surface area contributed by atoms with Crippen LogP contribution in [-0.2, 0) is 6.42 Å². The zero-order valence-corrected chi connectivity index (χ0v) is 15.4. The van der Waals surface area contributed by atoms with Crippen molar-refractivity contribution in [2.45, 2.75) is 52.1 Å². The molecule has 7 nitrogen and oxygen atoms in total. The molecule has 2 N–H and O–H groups in total. The van der Waals surface area contributed by atoms with Crippen LogP contribution in [0.4, 0.5) is 0 Å². The third-order valence-corrected chi connectivity index (χ3v) is 5.86. The first-order valence-electron chi connectivity index (χ1n) is 8.60. The number of carbonyl (C=O) groups is 1. The highest BCUT2D eigenvalue weighted by Crippen LogP contribution is 2.42. The maximum absolute atomic E-state index is 12.3. The van der Waals surface area contributed by atoms with Crippen LogP contribution in [0.2, 0.25) is 0 Å². The second kappa shape index (κ2) is 6.03. The predicted molar refractivity (Wildman–Crippen MR) is 96.3 cm³/mol. The van der Waals surface area contributed by atoms with E-state index in [4.69, 9.17) is 4.98 Å². The first kappa shape index (κ1) is 16.4.